The van der Waals surface area contributed by atoms with Gasteiger partial charge in [-0.3, -0.25) is 0 Å². The lowest BCUT2D eigenvalue weighted by Gasteiger charge is -2.16. The molecule has 7 nitrogen and oxygen atoms in total. The number of sulfonamides is 1. The highest BCUT2D eigenvalue weighted by Gasteiger charge is 2.22. The molecule has 0 atom stereocenters. The smallest absolute Gasteiger partial charge is 0.211 e. The predicted molar refractivity (Wildman–Crippen MR) is 108 cm³/mol. The summed E-state index contributed by atoms with van der Waals surface area (Å²) in [6.45, 7) is 0.144. The first-order valence-corrected chi connectivity index (χ1v) is 10.8. The van der Waals surface area contributed by atoms with Crippen molar-refractivity contribution in [2.45, 2.75) is 13.1 Å². The number of nitrogens with zero attached hydrogens (tertiary/aromatic N) is 3. The van der Waals surface area contributed by atoms with Crippen molar-refractivity contribution >= 4 is 10.0 Å². The molecule has 4 aromatic rings. The molecule has 0 aliphatic heterocycles. The zero-order valence-corrected chi connectivity index (χ0v) is 16.5. The molecule has 148 valence electrons. The van der Waals surface area contributed by atoms with Gasteiger partial charge in [-0.1, -0.05) is 71.0 Å². The van der Waals surface area contributed by atoms with Gasteiger partial charge >= 0.3 is 0 Å². The number of rotatable bonds is 7. The molecule has 0 saturated heterocycles. The van der Waals surface area contributed by atoms with Crippen LogP contribution in [0.25, 0.3) is 22.6 Å². The minimum atomic E-state index is -3.50. The highest BCUT2D eigenvalue weighted by atomic mass is 32.2. The second-order valence-corrected chi connectivity index (χ2v) is 8.61. The Labute approximate surface area is 168 Å². The van der Waals surface area contributed by atoms with Gasteiger partial charge in [0, 0.05) is 23.3 Å². The summed E-state index contributed by atoms with van der Waals surface area (Å²) < 4.78 is 36.6. The van der Waals surface area contributed by atoms with Crippen LogP contribution in [-0.2, 0) is 23.1 Å². The van der Waals surface area contributed by atoms with Crippen molar-refractivity contribution in [3.8, 4) is 22.6 Å². The lowest BCUT2D eigenvalue weighted by Crippen LogP contribution is -2.29. The van der Waals surface area contributed by atoms with Crippen molar-refractivity contribution in [2.24, 2.45) is 0 Å². The van der Waals surface area contributed by atoms with E-state index in [1.54, 1.807) is 12.1 Å². The molecule has 0 radical (unpaired) electrons. The summed E-state index contributed by atoms with van der Waals surface area (Å²) in [4.78, 5) is 0. The van der Waals surface area contributed by atoms with Crippen LogP contribution in [0.4, 0.5) is 0 Å². The molecule has 2 heterocycles. The molecule has 29 heavy (non-hydrogen) atoms. The second kappa shape index (κ2) is 8.02. The first-order chi connectivity index (χ1) is 14.0. The average Bonchev–Trinajstić information content (AvgIpc) is 3.38. The predicted octanol–water partition coefficient (Wildman–Crippen LogP) is 3.96. The van der Waals surface area contributed by atoms with Crippen molar-refractivity contribution in [3.63, 3.8) is 0 Å². The van der Waals surface area contributed by atoms with E-state index in [9.17, 15) is 8.42 Å². The van der Waals surface area contributed by atoms with Gasteiger partial charge < -0.3 is 9.05 Å². The Hall–Kier alpha value is -3.23. The van der Waals surface area contributed by atoms with Gasteiger partial charge in [-0.25, -0.2) is 8.42 Å². The van der Waals surface area contributed by atoms with Crippen molar-refractivity contribution in [1.29, 1.82) is 0 Å². The maximum atomic E-state index is 12.3. The number of hydrogen-bond donors (Lipinski definition) is 0. The molecule has 4 rings (SSSR count). The van der Waals surface area contributed by atoms with Gasteiger partial charge in [-0.2, -0.15) is 4.31 Å². The third kappa shape index (κ3) is 4.61. The van der Waals surface area contributed by atoms with Crippen LogP contribution >= 0.6 is 0 Å². The summed E-state index contributed by atoms with van der Waals surface area (Å²) in [5.41, 5.74) is 2.78. The van der Waals surface area contributed by atoms with Crippen molar-refractivity contribution in [1.82, 2.24) is 14.6 Å². The highest BCUT2D eigenvalue weighted by molar-refractivity contribution is 7.88. The summed E-state index contributed by atoms with van der Waals surface area (Å²) in [5.74, 6) is 1.17. The fraction of sp³-hybridized carbons (Fsp3) is 0.143. The Morgan fingerprint density at radius 2 is 1.17 bits per heavy atom. The first kappa shape index (κ1) is 19.1. The number of hydrogen-bond acceptors (Lipinski definition) is 6. The van der Waals surface area contributed by atoms with Crippen LogP contribution in [0.5, 0.6) is 0 Å². The van der Waals surface area contributed by atoms with Gasteiger partial charge in [0.05, 0.1) is 30.7 Å². The monoisotopic (exact) mass is 409 g/mol. The molecule has 0 aliphatic rings. The second-order valence-electron chi connectivity index (χ2n) is 6.63. The van der Waals surface area contributed by atoms with E-state index in [-0.39, 0.29) is 13.1 Å². The van der Waals surface area contributed by atoms with Crippen molar-refractivity contribution in [3.05, 3.63) is 84.2 Å². The molecule has 0 amide bonds. The fourth-order valence-electron chi connectivity index (χ4n) is 2.90. The minimum Gasteiger partial charge on any atom is -0.356 e. The molecule has 0 unspecified atom stereocenters. The zero-order chi connectivity index (χ0) is 20.3. The van der Waals surface area contributed by atoms with Gasteiger partial charge in [-0.15, -0.1) is 0 Å². The van der Waals surface area contributed by atoms with E-state index in [4.69, 9.17) is 9.05 Å². The molecule has 0 spiro atoms. The first-order valence-electron chi connectivity index (χ1n) is 8.96. The van der Waals surface area contributed by atoms with Gasteiger partial charge in [-0.05, 0) is 0 Å². The molecule has 2 aromatic heterocycles. The molecule has 0 saturated carbocycles. The highest BCUT2D eigenvalue weighted by Crippen LogP contribution is 2.23. The van der Waals surface area contributed by atoms with Crippen LogP contribution in [0.15, 0.2) is 81.8 Å². The van der Waals surface area contributed by atoms with Crippen molar-refractivity contribution in [2.75, 3.05) is 6.26 Å². The molecular formula is C21H19N3O4S. The Bertz CT molecular complexity index is 1110. The van der Waals surface area contributed by atoms with E-state index in [1.165, 1.54) is 4.31 Å². The molecule has 2 aromatic carbocycles. The molecule has 0 aliphatic carbocycles. The van der Waals surface area contributed by atoms with Crippen LogP contribution in [-0.4, -0.2) is 29.3 Å². The Balaban J connectivity index is 1.52. The van der Waals surface area contributed by atoms with E-state index in [2.05, 4.69) is 10.3 Å². The van der Waals surface area contributed by atoms with Crippen LogP contribution in [0.3, 0.4) is 0 Å². The van der Waals surface area contributed by atoms with Gasteiger partial charge in [0.1, 0.15) is 0 Å². The molecule has 0 bridgehead atoms. The van der Waals surface area contributed by atoms with E-state index >= 15 is 0 Å². The summed E-state index contributed by atoms with van der Waals surface area (Å²) >= 11 is 0. The topological polar surface area (TPSA) is 89.4 Å². The summed E-state index contributed by atoms with van der Waals surface area (Å²) in [5, 5.41) is 8.03. The Morgan fingerprint density at radius 3 is 1.55 bits per heavy atom. The maximum Gasteiger partial charge on any atom is 0.211 e. The summed E-state index contributed by atoms with van der Waals surface area (Å²) in [7, 11) is -3.50. The Kier molecular flexibility index (Phi) is 5.28. The van der Waals surface area contributed by atoms with E-state index < -0.39 is 10.0 Å². The number of aromatic nitrogens is 2. The normalized spacial score (nSPS) is 11.8. The largest absolute Gasteiger partial charge is 0.356 e. The molecule has 8 heteroatoms. The van der Waals surface area contributed by atoms with Gasteiger partial charge in [0.15, 0.2) is 11.5 Å². The molecule has 0 N–H and O–H groups in total. The Morgan fingerprint density at radius 1 is 0.759 bits per heavy atom. The van der Waals surface area contributed by atoms with E-state index in [0.717, 1.165) is 17.4 Å². The van der Waals surface area contributed by atoms with Gasteiger partial charge in [0.25, 0.3) is 0 Å². The summed E-state index contributed by atoms with van der Waals surface area (Å²) in [6, 6.07) is 22.5. The van der Waals surface area contributed by atoms with Crippen LogP contribution in [0.1, 0.15) is 11.4 Å². The lowest BCUT2D eigenvalue weighted by atomic mass is 10.1. The fourth-order valence-corrected chi connectivity index (χ4v) is 3.63. The lowest BCUT2D eigenvalue weighted by molar-refractivity contribution is 0.358. The zero-order valence-electron chi connectivity index (χ0n) is 15.7. The number of benzene rings is 2. The van der Waals surface area contributed by atoms with Crippen LogP contribution in [0.2, 0.25) is 0 Å². The van der Waals surface area contributed by atoms with Crippen LogP contribution < -0.4 is 0 Å². The van der Waals surface area contributed by atoms with E-state index in [1.807, 2.05) is 60.7 Å². The molecule has 0 fully saturated rings. The van der Waals surface area contributed by atoms with E-state index in [0.29, 0.717) is 22.9 Å². The third-order valence-electron chi connectivity index (χ3n) is 4.38. The molecular weight excluding hydrogens is 390 g/mol. The average molecular weight is 409 g/mol. The van der Waals surface area contributed by atoms with Crippen molar-refractivity contribution < 1.29 is 17.5 Å². The third-order valence-corrected chi connectivity index (χ3v) is 5.58. The maximum absolute atomic E-state index is 12.3. The summed E-state index contributed by atoms with van der Waals surface area (Å²) in [6.07, 6.45) is 1.16. The van der Waals surface area contributed by atoms with Crippen LogP contribution in [0, 0.1) is 0 Å². The minimum absolute atomic E-state index is 0.0721. The van der Waals surface area contributed by atoms with Gasteiger partial charge in [0.2, 0.25) is 10.0 Å². The quantitative estimate of drug-likeness (QED) is 0.459. The standard InChI is InChI=1S/C21H19N3O4S/c1-29(25,26)24(14-18-12-20(27-22-18)16-8-4-2-5-9-16)15-19-13-21(28-23-19)17-10-6-3-7-11-17/h2-13H,14-15H2,1H3. The SMILES string of the molecule is CS(=O)(=O)N(Cc1cc(-c2ccccc2)on1)Cc1cc(-c2ccccc2)on1.